The second-order valence-corrected chi connectivity index (χ2v) is 5.41. The van der Waals surface area contributed by atoms with Crippen molar-refractivity contribution in [3.05, 3.63) is 24.3 Å². The zero-order valence-electron chi connectivity index (χ0n) is 10.8. The predicted molar refractivity (Wildman–Crippen MR) is 70.7 cm³/mol. The van der Waals surface area contributed by atoms with Crippen molar-refractivity contribution >= 4 is 10.0 Å². The molecule has 0 saturated carbocycles. The van der Waals surface area contributed by atoms with Gasteiger partial charge >= 0.3 is 0 Å². The number of hydrogen-bond acceptors (Lipinski definition) is 5. The number of nitrogens with one attached hydrogen (secondary N) is 1. The summed E-state index contributed by atoms with van der Waals surface area (Å²) in [5.74, 6) is 0.632. The third kappa shape index (κ3) is 5.56. The molecule has 108 valence electrons. The number of aliphatic hydroxyl groups is 1. The fourth-order valence-corrected chi connectivity index (χ4v) is 2.39. The Hall–Kier alpha value is -1.15. The molecule has 1 rings (SSSR count). The van der Waals surface area contributed by atoms with Gasteiger partial charge in [-0.3, -0.25) is 0 Å². The lowest BCUT2D eigenvalue weighted by molar-refractivity contribution is 0.0961. The van der Waals surface area contributed by atoms with Crippen molar-refractivity contribution in [3.8, 4) is 5.75 Å². The summed E-state index contributed by atoms with van der Waals surface area (Å²) >= 11 is 0. The molecule has 7 heteroatoms. The molecule has 0 heterocycles. The Balaban J connectivity index is 2.52. The van der Waals surface area contributed by atoms with E-state index in [9.17, 15) is 8.42 Å². The monoisotopic (exact) mass is 289 g/mol. The summed E-state index contributed by atoms with van der Waals surface area (Å²) in [6, 6.07) is 6.20. The van der Waals surface area contributed by atoms with Crippen LogP contribution in [0.2, 0.25) is 0 Å². The number of benzene rings is 1. The highest BCUT2D eigenvalue weighted by Gasteiger charge is 2.12. The second-order valence-electron chi connectivity index (χ2n) is 3.64. The normalized spacial score (nSPS) is 11.5. The van der Waals surface area contributed by atoms with Gasteiger partial charge in [0.2, 0.25) is 10.0 Å². The fourth-order valence-electron chi connectivity index (χ4n) is 1.38. The first kappa shape index (κ1) is 15.9. The number of aliphatic hydroxyl groups excluding tert-OH is 1. The summed E-state index contributed by atoms with van der Waals surface area (Å²) in [7, 11) is -3.53. The maximum atomic E-state index is 11.9. The standard InChI is InChI=1S/C12H19NO5S/c1-2-18-11-3-5-12(6-4-11)19(15,16)13-7-9-17-10-8-14/h3-6,13-14H,2,7-10H2,1H3. The molecule has 0 spiro atoms. The van der Waals surface area contributed by atoms with Crippen LogP contribution in [0, 0.1) is 0 Å². The summed E-state index contributed by atoms with van der Waals surface area (Å²) in [6.07, 6.45) is 0. The highest BCUT2D eigenvalue weighted by atomic mass is 32.2. The van der Waals surface area contributed by atoms with E-state index < -0.39 is 10.0 Å². The lowest BCUT2D eigenvalue weighted by Crippen LogP contribution is -2.27. The van der Waals surface area contributed by atoms with Gasteiger partial charge in [-0.2, -0.15) is 0 Å². The predicted octanol–water partition coefficient (Wildman–Crippen LogP) is 0.372. The van der Waals surface area contributed by atoms with Gasteiger partial charge in [-0.1, -0.05) is 0 Å². The molecule has 6 nitrogen and oxygen atoms in total. The minimum Gasteiger partial charge on any atom is -0.494 e. The Morgan fingerprint density at radius 1 is 1.21 bits per heavy atom. The molecular weight excluding hydrogens is 270 g/mol. The summed E-state index contributed by atoms with van der Waals surface area (Å²) in [6.45, 7) is 2.90. The van der Waals surface area contributed by atoms with E-state index in [0.717, 1.165) is 0 Å². The van der Waals surface area contributed by atoms with E-state index in [1.54, 1.807) is 12.1 Å². The molecular formula is C12H19NO5S. The van der Waals surface area contributed by atoms with E-state index in [4.69, 9.17) is 14.6 Å². The van der Waals surface area contributed by atoms with Crippen LogP contribution in [-0.4, -0.2) is 46.5 Å². The summed E-state index contributed by atoms with van der Waals surface area (Å²) in [5, 5.41) is 8.50. The molecule has 0 aliphatic heterocycles. The summed E-state index contributed by atoms with van der Waals surface area (Å²) < 4.78 is 36.4. The van der Waals surface area contributed by atoms with Crippen molar-refractivity contribution in [1.82, 2.24) is 4.72 Å². The quantitative estimate of drug-likeness (QED) is 0.642. The molecule has 0 bridgehead atoms. The molecule has 0 amide bonds. The maximum absolute atomic E-state index is 11.9. The number of ether oxygens (including phenoxy) is 2. The Kier molecular flexibility index (Phi) is 6.79. The van der Waals surface area contributed by atoms with E-state index in [-0.39, 0.29) is 31.3 Å². The van der Waals surface area contributed by atoms with Gasteiger partial charge in [-0.05, 0) is 31.2 Å². The first-order valence-electron chi connectivity index (χ1n) is 6.01. The summed E-state index contributed by atoms with van der Waals surface area (Å²) in [4.78, 5) is 0.179. The molecule has 0 aromatic heterocycles. The smallest absolute Gasteiger partial charge is 0.240 e. The Bertz CT molecular complexity index is 458. The highest BCUT2D eigenvalue weighted by molar-refractivity contribution is 7.89. The van der Waals surface area contributed by atoms with Crippen molar-refractivity contribution in [1.29, 1.82) is 0 Å². The van der Waals surface area contributed by atoms with E-state index in [1.165, 1.54) is 12.1 Å². The molecule has 0 aliphatic carbocycles. The Morgan fingerprint density at radius 2 is 1.89 bits per heavy atom. The van der Waals surface area contributed by atoms with Crippen LogP contribution in [0.15, 0.2) is 29.2 Å². The molecule has 1 aromatic rings. The van der Waals surface area contributed by atoms with Gasteiger partial charge in [0, 0.05) is 6.54 Å². The number of hydrogen-bond donors (Lipinski definition) is 2. The molecule has 0 atom stereocenters. The highest BCUT2D eigenvalue weighted by Crippen LogP contribution is 2.15. The third-order valence-electron chi connectivity index (χ3n) is 2.22. The Morgan fingerprint density at radius 3 is 2.47 bits per heavy atom. The lowest BCUT2D eigenvalue weighted by atomic mass is 10.3. The molecule has 2 N–H and O–H groups in total. The second kappa shape index (κ2) is 8.11. The van der Waals surface area contributed by atoms with Gasteiger partial charge in [0.25, 0.3) is 0 Å². The molecule has 0 fully saturated rings. The van der Waals surface area contributed by atoms with Crippen LogP contribution >= 0.6 is 0 Å². The average Bonchev–Trinajstić information content (AvgIpc) is 2.39. The van der Waals surface area contributed by atoms with Crippen molar-refractivity contribution < 1.29 is 23.0 Å². The van der Waals surface area contributed by atoms with Crippen LogP contribution in [0.25, 0.3) is 0 Å². The largest absolute Gasteiger partial charge is 0.494 e. The summed E-state index contributed by atoms with van der Waals surface area (Å²) in [5.41, 5.74) is 0. The zero-order chi connectivity index (χ0) is 14.1. The number of sulfonamides is 1. The average molecular weight is 289 g/mol. The van der Waals surface area contributed by atoms with Crippen LogP contribution in [0.3, 0.4) is 0 Å². The van der Waals surface area contributed by atoms with Gasteiger partial charge in [0.1, 0.15) is 5.75 Å². The van der Waals surface area contributed by atoms with Gasteiger partial charge in [-0.25, -0.2) is 13.1 Å². The Labute approximate surface area is 113 Å². The third-order valence-corrected chi connectivity index (χ3v) is 3.70. The van der Waals surface area contributed by atoms with Crippen LogP contribution in [0.1, 0.15) is 6.92 Å². The topological polar surface area (TPSA) is 84.9 Å². The van der Waals surface area contributed by atoms with Crippen molar-refractivity contribution in [2.45, 2.75) is 11.8 Å². The molecule has 0 aliphatic rings. The van der Waals surface area contributed by atoms with E-state index in [2.05, 4.69) is 4.72 Å². The first-order valence-corrected chi connectivity index (χ1v) is 7.49. The van der Waals surface area contributed by atoms with E-state index >= 15 is 0 Å². The molecule has 0 unspecified atom stereocenters. The molecule has 1 aromatic carbocycles. The van der Waals surface area contributed by atoms with Crippen molar-refractivity contribution in [2.75, 3.05) is 33.0 Å². The fraction of sp³-hybridized carbons (Fsp3) is 0.500. The minimum absolute atomic E-state index is 0.0777. The van der Waals surface area contributed by atoms with Crippen LogP contribution in [-0.2, 0) is 14.8 Å². The molecule has 0 radical (unpaired) electrons. The van der Waals surface area contributed by atoms with Crippen LogP contribution < -0.4 is 9.46 Å². The van der Waals surface area contributed by atoms with Gasteiger partial charge in [-0.15, -0.1) is 0 Å². The zero-order valence-corrected chi connectivity index (χ0v) is 11.6. The lowest BCUT2D eigenvalue weighted by Gasteiger charge is -2.08. The molecule has 19 heavy (non-hydrogen) atoms. The van der Waals surface area contributed by atoms with Gasteiger partial charge < -0.3 is 14.6 Å². The van der Waals surface area contributed by atoms with Crippen molar-refractivity contribution in [2.24, 2.45) is 0 Å². The SMILES string of the molecule is CCOc1ccc(S(=O)(=O)NCCOCCO)cc1. The van der Waals surface area contributed by atoms with E-state index in [1.807, 2.05) is 6.92 Å². The van der Waals surface area contributed by atoms with Gasteiger partial charge in [0.15, 0.2) is 0 Å². The van der Waals surface area contributed by atoms with Crippen LogP contribution in [0.5, 0.6) is 5.75 Å². The minimum atomic E-state index is -3.53. The number of rotatable bonds is 9. The van der Waals surface area contributed by atoms with E-state index in [0.29, 0.717) is 12.4 Å². The van der Waals surface area contributed by atoms with Gasteiger partial charge in [0.05, 0.1) is 31.3 Å². The van der Waals surface area contributed by atoms with Crippen molar-refractivity contribution in [3.63, 3.8) is 0 Å². The van der Waals surface area contributed by atoms with Crippen LogP contribution in [0.4, 0.5) is 0 Å². The first-order chi connectivity index (χ1) is 9.10. The maximum Gasteiger partial charge on any atom is 0.240 e. The molecule has 0 saturated heterocycles.